The molecule has 0 aliphatic rings. The third-order valence-corrected chi connectivity index (χ3v) is 1.34. The van der Waals surface area contributed by atoms with Gasteiger partial charge in [0.1, 0.15) is 0 Å². The average molecular weight is 161 g/mol. The van der Waals surface area contributed by atoms with Crippen molar-refractivity contribution in [2.24, 2.45) is 5.92 Å². The van der Waals surface area contributed by atoms with Gasteiger partial charge < -0.3 is 15.2 Å². The van der Waals surface area contributed by atoms with Crippen molar-refractivity contribution < 1.29 is 14.6 Å². The highest BCUT2D eigenvalue weighted by Crippen LogP contribution is 1.94. The van der Waals surface area contributed by atoms with Crippen LogP contribution < -0.4 is 5.32 Å². The molecule has 66 valence electrons. The highest BCUT2D eigenvalue weighted by atomic mass is 16.5. The number of nitrogens with one attached hydrogen (secondary N) is 1. The summed E-state index contributed by atoms with van der Waals surface area (Å²) in [5, 5.41) is 11.3. The molecule has 4 nitrogen and oxygen atoms in total. The molecule has 0 spiro atoms. The Bertz CT molecular complexity index is 116. The van der Waals surface area contributed by atoms with E-state index in [4.69, 9.17) is 5.11 Å². The first-order chi connectivity index (χ1) is 5.22. The summed E-state index contributed by atoms with van der Waals surface area (Å²) >= 11 is 0. The Morgan fingerprint density at radius 3 is 2.82 bits per heavy atom. The monoisotopic (exact) mass is 161 g/mol. The molecule has 0 amide bonds. The van der Waals surface area contributed by atoms with Crippen LogP contribution in [-0.2, 0) is 9.53 Å². The maximum absolute atomic E-state index is 10.8. The number of carbonyl (C=O) groups excluding carboxylic acids is 1. The Morgan fingerprint density at radius 2 is 2.36 bits per heavy atom. The van der Waals surface area contributed by atoms with Crippen LogP contribution in [0.4, 0.5) is 0 Å². The smallest absolute Gasteiger partial charge is 0.309 e. The van der Waals surface area contributed by atoms with Gasteiger partial charge in [-0.3, -0.25) is 4.79 Å². The average Bonchev–Trinajstić information content (AvgIpc) is 2.03. The molecule has 0 aliphatic carbocycles. The Labute approximate surface area is 66.5 Å². The number of carbonyl (C=O) groups is 1. The summed E-state index contributed by atoms with van der Waals surface area (Å²) in [7, 11) is 1.37. The van der Waals surface area contributed by atoms with E-state index in [-0.39, 0.29) is 18.5 Å². The van der Waals surface area contributed by atoms with Crippen LogP contribution in [0.15, 0.2) is 0 Å². The van der Waals surface area contributed by atoms with E-state index in [1.807, 2.05) is 0 Å². The van der Waals surface area contributed by atoms with Crippen LogP contribution in [0.25, 0.3) is 0 Å². The Hall–Kier alpha value is -0.610. The van der Waals surface area contributed by atoms with Gasteiger partial charge in [0.15, 0.2) is 0 Å². The van der Waals surface area contributed by atoms with E-state index in [9.17, 15) is 4.79 Å². The van der Waals surface area contributed by atoms with Gasteiger partial charge in [-0.2, -0.15) is 0 Å². The van der Waals surface area contributed by atoms with Crippen LogP contribution in [0.1, 0.15) is 6.92 Å². The van der Waals surface area contributed by atoms with Gasteiger partial charge in [0.05, 0.1) is 19.6 Å². The molecule has 0 rings (SSSR count). The minimum absolute atomic E-state index is 0.0912. The summed E-state index contributed by atoms with van der Waals surface area (Å²) < 4.78 is 4.50. The molecule has 0 saturated heterocycles. The van der Waals surface area contributed by atoms with Crippen molar-refractivity contribution in [2.75, 3.05) is 26.8 Å². The lowest BCUT2D eigenvalue weighted by Crippen LogP contribution is -2.29. The maximum Gasteiger partial charge on any atom is 0.309 e. The van der Waals surface area contributed by atoms with Crippen molar-refractivity contribution >= 4 is 5.97 Å². The lowest BCUT2D eigenvalue weighted by Gasteiger charge is -2.08. The highest BCUT2D eigenvalue weighted by molar-refractivity contribution is 5.71. The number of rotatable bonds is 5. The molecule has 0 aromatic carbocycles. The predicted octanol–water partition coefficient (Wildman–Crippen LogP) is -0.623. The second kappa shape index (κ2) is 6.12. The zero-order valence-electron chi connectivity index (χ0n) is 6.96. The number of esters is 1. The predicted molar refractivity (Wildman–Crippen MR) is 41.1 cm³/mol. The molecule has 0 fully saturated rings. The molecular weight excluding hydrogens is 146 g/mol. The van der Waals surface area contributed by atoms with E-state index >= 15 is 0 Å². The minimum Gasteiger partial charge on any atom is -0.469 e. The third kappa shape index (κ3) is 4.75. The van der Waals surface area contributed by atoms with Crippen LogP contribution >= 0.6 is 0 Å². The maximum atomic E-state index is 10.8. The topological polar surface area (TPSA) is 58.6 Å². The summed E-state index contributed by atoms with van der Waals surface area (Å²) in [6, 6.07) is 0. The fraction of sp³-hybridized carbons (Fsp3) is 0.857. The van der Waals surface area contributed by atoms with E-state index in [0.29, 0.717) is 13.1 Å². The first-order valence-corrected chi connectivity index (χ1v) is 3.61. The van der Waals surface area contributed by atoms with Crippen molar-refractivity contribution in [3.05, 3.63) is 0 Å². The summed E-state index contributed by atoms with van der Waals surface area (Å²) in [6.45, 7) is 2.93. The van der Waals surface area contributed by atoms with Crippen molar-refractivity contribution in [1.82, 2.24) is 5.32 Å². The number of methoxy groups -OCH3 is 1. The van der Waals surface area contributed by atoms with Gasteiger partial charge in [-0.25, -0.2) is 0 Å². The van der Waals surface area contributed by atoms with Crippen molar-refractivity contribution in [1.29, 1.82) is 0 Å². The second-order valence-electron chi connectivity index (χ2n) is 2.35. The molecule has 0 radical (unpaired) electrons. The molecule has 4 heteroatoms. The SMILES string of the molecule is COC(=O)C(C)CNCCO. The summed E-state index contributed by atoms with van der Waals surface area (Å²) in [5.41, 5.74) is 0. The normalized spacial score (nSPS) is 12.6. The Kier molecular flexibility index (Phi) is 5.78. The summed E-state index contributed by atoms with van der Waals surface area (Å²) in [6.07, 6.45) is 0. The molecule has 2 N–H and O–H groups in total. The lowest BCUT2D eigenvalue weighted by molar-refractivity contribution is -0.144. The van der Waals surface area contributed by atoms with E-state index in [0.717, 1.165) is 0 Å². The lowest BCUT2D eigenvalue weighted by atomic mass is 10.2. The molecule has 0 aliphatic heterocycles. The molecule has 0 aromatic heterocycles. The highest BCUT2D eigenvalue weighted by Gasteiger charge is 2.11. The fourth-order valence-corrected chi connectivity index (χ4v) is 0.682. The third-order valence-electron chi connectivity index (χ3n) is 1.34. The number of ether oxygens (including phenoxy) is 1. The quantitative estimate of drug-likeness (QED) is 0.416. The fourth-order valence-electron chi connectivity index (χ4n) is 0.682. The number of aliphatic hydroxyl groups is 1. The minimum atomic E-state index is -0.226. The molecular formula is C7H15NO3. The molecule has 11 heavy (non-hydrogen) atoms. The van der Waals surface area contributed by atoms with E-state index in [1.165, 1.54) is 7.11 Å². The van der Waals surface area contributed by atoms with Crippen molar-refractivity contribution in [2.45, 2.75) is 6.92 Å². The summed E-state index contributed by atoms with van der Waals surface area (Å²) in [5.74, 6) is -0.373. The van der Waals surface area contributed by atoms with Crippen LogP contribution in [0.2, 0.25) is 0 Å². The zero-order valence-corrected chi connectivity index (χ0v) is 6.96. The summed E-state index contributed by atoms with van der Waals surface area (Å²) in [4.78, 5) is 10.8. The molecule has 0 aromatic rings. The van der Waals surface area contributed by atoms with E-state index in [1.54, 1.807) is 6.92 Å². The van der Waals surface area contributed by atoms with Gasteiger partial charge in [0.2, 0.25) is 0 Å². The molecule has 0 saturated carbocycles. The van der Waals surface area contributed by atoms with Crippen LogP contribution in [0.5, 0.6) is 0 Å². The van der Waals surface area contributed by atoms with Gasteiger partial charge in [0, 0.05) is 13.1 Å². The van der Waals surface area contributed by atoms with E-state index < -0.39 is 0 Å². The number of hydrogen-bond acceptors (Lipinski definition) is 4. The van der Waals surface area contributed by atoms with Gasteiger partial charge in [-0.05, 0) is 0 Å². The second-order valence-corrected chi connectivity index (χ2v) is 2.35. The zero-order chi connectivity index (χ0) is 8.69. The number of aliphatic hydroxyl groups excluding tert-OH is 1. The molecule has 1 unspecified atom stereocenters. The number of hydrogen-bond donors (Lipinski definition) is 2. The van der Waals surface area contributed by atoms with Gasteiger partial charge in [-0.1, -0.05) is 6.92 Å². The molecule has 0 bridgehead atoms. The standard InChI is InChI=1S/C7H15NO3/c1-6(7(10)11-2)5-8-3-4-9/h6,8-9H,3-5H2,1-2H3. The van der Waals surface area contributed by atoms with Gasteiger partial charge in [0.25, 0.3) is 0 Å². The van der Waals surface area contributed by atoms with Crippen molar-refractivity contribution in [3.63, 3.8) is 0 Å². The van der Waals surface area contributed by atoms with Crippen molar-refractivity contribution in [3.8, 4) is 0 Å². The Balaban J connectivity index is 3.36. The van der Waals surface area contributed by atoms with Crippen LogP contribution in [-0.4, -0.2) is 37.9 Å². The van der Waals surface area contributed by atoms with Gasteiger partial charge >= 0.3 is 5.97 Å². The Morgan fingerprint density at radius 1 is 1.73 bits per heavy atom. The first kappa shape index (κ1) is 10.4. The largest absolute Gasteiger partial charge is 0.469 e. The molecule has 1 atom stereocenters. The van der Waals surface area contributed by atoms with E-state index in [2.05, 4.69) is 10.1 Å². The van der Waals surface area contributed by atoms with Crippen LogP contribution in [0.3, 0.4) is 0 Å². The molecule has 0 heterocycles. The van der Waals surface area contributed by atoms with Crippen LogP contribution in [0, 0.1) is 5.92 Å². The first-order valence-electron chi connectivity index (χ1n) is 3.61. The van der Waals surface area contributed by atoms with Gasteiger partial charge in [-0.15, -0.1) is 0 Å².